The Balaban J connectivity index is 1.41. The number of hydrogen-bond donors (Lipinski definition) is 2. The molecule has 1 aromatic heterocycles. The standard InChI is InChI=1S/C21H24N4O3/c1-14-3-2-4-16(22-14)12-24-9-10-25-19(13-24)20(27)23-18(21(25)28)11-15-5-7-17(26)8-6-15/h2-8,18-19,26H,9-13H2,1H3,(H,23,27)/t18-,19-/m1/s1. The first kappa shape index (κ1) is 18.4. The summed E-state index contributed by atoms with van der Waals surface area (Å²) < 4.78 is 0. The van der Waals surface area contributed by atoms with Gasteiger partial charge >= 0.3 is 0 Å². The summed E-state index contributed by atoms with van der Waals surface area (Å²) in [7, 11) is 0. The number of aromatic hydroxyl groups is 1. The van der Waals surface area contributed by atoms with E-state index in [0.29, 0.717) is 26.1 Å². The number of rotatable bonds is 4. The van der Waals surface area contributed by atoms with Gasteiger partial charge in [0.05, 0.1) is 5.69 Å². The van der Waals surface area contributed by atoms with Gasteiger partial charge in [-0.15, -0.1) is 0 Å². The van der Waals surface area contributed by atoms with Gasteiger partial charge in [-0.2, -0.15) is 0 Å². The third-order valence-electron chi connectivity index (χ3n) is 5.37. The van der Waals surface area contributed by atoms with Crippen LogP contribution >= 0.6 is 0 Å². The summed E-state index contributed by atoms with van der Waals surface area (Å²) in [5, 5.41) is 12.3. The number of amides is 2. The van der Waals surface area contributed by atoms with Crippen molar-refractivity contribution < 1.29 is 14.7 Å². The molecule has 28 heavy (non-hydrogen) atoms. The zero-order chi connectivity index (χ0) is 19.7. The Morgan fingerprint density at radius 3 is 2.68 bits per heavy atom. The monoisotopic (exact) mass is 380 g/mol. The van der Waals surface area contributed by atoms with Gasteiger partial charge in [0, 0.05) is 38.3 Å². The molecule has 2 aliphatic rings. The molecule has 2 amide bonds. The van der Waals surface area contributed by atoms with E-state index in [1.54, 1.807) is 29.2 Å². The number of aryl methyl sites for hydroxylation is 1. The fourth-order valence-electron chi connectivity index (χ4n) is 3.92. The molecule has 0 spiro atoms. The van der Waals surface area contributed by atoms with Crippen LogP contribution in [0.25, 0.3) is 0 Å². The van der Waals surface area contributed by atoms with Crippen LogP contribution < -0.4 is 5.32 Å². The molecule has 1 aromatic carbocycles. The van der Waals surface area contributed by atoms with Crippen molar-refractivity contribution in [2.75, 3.05) is 19.6 Å². The van der Waals surface area contributed by atoms with E-state index in [9.17, 15) is 14.7 Å². The number of aromatic nitrogens is 1. The van der Waals surface area contributed by atoms with Crippen LogP contribution in [0.1, 0.15) is 17.0 Å². The molecular formula is C21H24N4O3. The molecule has 2 fully saturated rings. The molecule has 2 N–H and O–H groups in total. The molecule has 146 valence electrons. The lowest BCUT2D eigenvalue weighted by Gasteiger charge is -2.45. The normalized spacial score (nSPS) is 22.7. The number of pyridine rings is 1. The summed E-state index contributed by atoms with van der Waals surface area (Å²) in [5.74, 6) is 0.0401. The van der Waals surface area contributed by atoms with Crippen molar-refractivity contribution in [1.82, 2.24) is 20.1 Å². The Bertz CT molecular complexity index is 883. The fourth-order valence-corrected chi connectivity index (χ4v) is 3.92. The second kappa shape index (κ2) is 7.59. The number of fused-ring (bicyclic) bond motifs is 1. The minimum absolute atomic E-state index is 0.0361. The van der Waals surface area contributed by atoms with Crippen molar-refractivity contribution in [3.63, 3.8) is 0 Å². The zero-order valence-electron chi connectivity index (χ0n) is 15.8. The van der Waals surface area contributed by atoms with Crippen LogP contribution in [0.4, 0.5) is 0 Å². The van der Waals surface area contributed by atoms with Crippen molar-refractivity contribution >= 4 is 11.8 Å². The highest BCUT2D eigenvalue weighted by Gasteiger charge is 2.43. The maximum atomic E-state index is 12.9. The van der Waals surface area contributed by atoms with Crippen LogP contribution in [0, 0.1) is 6.92 Å². The maximum Gasteiger partial charge on any atom is 0.246 e. The van der Waals surface area contributed by atoms with Crippen molar-refractivity contribution in [2.45, 2.75) is 32.0 Å². The lowest BCUT2D eigenvalue weighted by molar-refractivity contribution is -0.153. The van der Waals surface area contributed by atoms with Crippen molar-refractivity contribution in [3.05, 3.63) is 59.4 Å². The molecule has 2 saturated heterocycles. The average Bonchev–Trinajstić information content (AvgIpc) is 2.68. The highest BCUT2D eigenvalue weighted by molar-refractivity contribution is 5.97. The smallest absolute Gasteiger partial charge is 0.246 e. The first-order valence-corrected chi connectivity index (χ1v) is 9.53. The zero-order valence-corrected chi connectivity index (χ0v) is 15.8. The van der Waals surface area contributed by atoms with E-state index >= 15 is 0 Å². The van der Waals surface area contributed by atoms with E-state index in [2.05, 4.69) is 15.2 Å². The quantitative estimate of drug-likeness (QED) is 0.821. The second-order valence-electron chi connectivity index (χ2n) is 7.48. The van der Waals surface area contributed by atoms with Crippen LogP contribution in [0.15, 0.2) is 42.5 Å². The van der Waals surface area contributed by atoms with E-state index < -0.39 is 12.1 Å². The number of hydrogen-bond acceptors (Lipinski definition) is 5. The van der Waals surface area contributed by atoms with Gasteiger partial charge in [0.2, 0.25) is 11.8 Å². The highest BCUT2D eigenvalue weighted by atomic mass is 16.3. The predicted molar refractivity (Wildman–Crippen MR) is 103 cm³/mol. The molecule has 0 unspecified atom stereocenters. The van der Waals surface area contributed by atoms with Crippen LogP contribution in [0.3, 0.4) is 0 Å². The highest BCUT2D eigenvalue weighted by Crippen LogP contribution is 2.20. The molecule has 2 atom stereocenters. The molecule has 0 radical (unpaired) electrons. The van der Waals surface area contributed by atoms with Gasteiger partial charge < -0.3 is 15.3 Å². The van der Waals surface area contributed by atoms with E-state index in [1.807, 2.05) is 25.1 Å². The van der Waals surface area contributed by atoms with Gasteiger partial charge in [-0.05, 0) is 36.8 Å². The third-order valence-corrected chi connectivity index (χ3v) is 5.37. The second-order valence-corrected chi connectivity index (χ2v) is 7.48. The van der Waals surface area contributed by atoms with Gasteiger partial charge in [-0.3, -0.25) is 19.5 Å². The van der Waals surface area contributed by atoms with E-state index in [-0.39, 0.29) is 17.6 Å². The Labute approximate surface area is 164 Å². The van der Waals surface area contributed by atoms with Crippen LogP contribution in [-0.4, -0.2) is 63.4 Å². The number of carbonyl (C=O) groups is 2. The van der Waals surface area contributed by atoms with Crippen LogP contribution in [-0.2, 0) is 22.6 Å². The predicted octanol–water partition coefficient (Wildman–Crippen LogP) is 0.850. The summed E-state index contributed by atoms with van der Waals surface area (Å²) in [5.41, 5.74) is 2.85. The molecule has 4 rings (SSSR count). The number of phenolic OH excluding ortho intramolecular Hbond substituents is 1. The number of nitrogens with one attached hydrogen (secondary N) is 1. The summed E-state index contributed by atoms with van der Waals surface area (Å²) >= 11 is 0. The summed E-state index contributed by atoms with van der Waals surface area (Å²) in [4.78, 5) is 34.0. The molecule has 2 aromatic rings. The maximum absolute atomic E-state index is 12.9. The molecule has 0 bridgehead atoms. The average molecular weight is 380 g/mol. The molecular weight excluding hydrogens is 356 g/mol. The number of nitrogens with zero attached hydrogens (tertiary/aromatic N) is 3. The number of benzene rings is 1. The third kappa shape index (κ3) is 3.84. The van der Waals surface area contributed by atoms with Crippen molar-refractivity contribution in [2.24, 2.45) is 0 Å². The Morgan fingerprint density at radius 1 is 1.14 bits per heavy atom. The van der Waals surface area contributed by atoms with E-state index in [1.165, 1.54) is 0 Å². The number of piperazine rings is 2. The molecule has 3 heterocycles. The summed E-state index contributed by atoms with van der Waals surface area (Å²) in [6.07, 6.45) is 0.422. The van der Waals surface area contributed by atoms with Crippen LogP contribution in [0.5, 0.6) is 5.75 Å². The first-order chi connectivity index (χ1) is 13.5. The van der Waals surface area contributed by atoms with Crippen molar-refractivity contribution in [1.29, 1.82) is 0 Å². The largest absolute Gasteiger partial charge is 0.508 e. The first-order valence-electron chi connectivity index (χ1n) is 9.53. The minimum atomic E-state index is -0.557. The van der Waals surface area contributed by atoms with E-state index in [0.717, 1.165) is 23.5 Å². The summed E-state index contributed by atoms with van der Waals surface area (Å²) in [6, 6.07) is 11.6. The van der Waals surface area contributed by atoms with Gasteiger partial charge in [-0.1, -0.05) is 18.2 Å². The van der Waals surface area contributed by atoms with Gasteiger partial charge in [0.1, 0.15) is 17.8 Å². The minimum Gasteiger partial charge on any atom is -0.508 e. The summed E-state index contributed by atoms with van der Waals surface area (Å²) in [6.45, 7) is 4.40. The van der Waals surface area contributed by atoms with Crippen LogP contribution in [0.2, 0.25) is 0 Å². The van der Waals surface area contributed by atoms with Gasteiger partial charge in [0.25, 0.3) is 0 Å². The van der Waals surface area contributed by atoms with Gasteiger partial charge in [-0.25, -0.2) is 0 Å². The Kier molecular flexibility index (Phi) is 5.00. The molecule has 7 heteroatoms. The lowest BCUT2D eigenvalue weighted by Crippen LogP contribution is -2.69. The molecule has 0 saturated carbocycles. The molecule has 2 aliphatic heterocycles. The topological polar surface area (TPSA) is 85.8 Å². The Hall–Kier alpha value is -2.93. The number of phenols is 1. The van der Waals surface area contributed by atoms with Gasteiger partial charge in [0.15, 0.2) is 0 Å². The fraction of sp³-hybridized carbons (Fsp3) is 0.381. The SMILES string of the molecule is Cc1cccc(CN2CCN3C(=O)[C@@H](Cc4ccc(O)cc4)NC(=O)[C@H]3C2)n1. The lowest BCUT2D eigenvalue weighted by atomic mass is 9.98. The Morgan fingerprint density at radius 2 is 1.93 bits per heavy atom. The number of carbonyl (C=O) groups excluding carboxylic acids is 2. The molecule has 7 nitrogen and oxygen atoms in total. The van der Waals surface area contributed by atoms with E-state index in [4.69, 9.17) is 0 Å². The van der Waals surface area contributed by atoms with Crippen molar-refractivity contribution in [3.8, 4) is 5.75 Å². The molecule has 0 aliphatic carbocycles.